The Labute approximate surface area is 122 Å². The van der Waals surface area contributed by atoms with E-state index in [0.29, 0.717) is 12.6 Å². The molecule has 1 aliphatic rings. The Balaban J connectivity index is 1.72. The summed E-state index contributed by atoms with van der Waals surface area (Å²) in [5.74, 6) is 0. The van der Waals surface area contributed by atoms with Gasteiger partial charge in [-0.15, -0.1) is 0 Å². The average molecular weight is 299 g/mol. The number of thiophene rings is 1. The van der Waals surface area contributed by atoms with Crippen molar-refractivity contribution in [1.82, 2.24) is 4.90 Å². The Morgan fingerprint density at radius 1 is 1.45 bits per heavy atom. The van der Waals surface area contributed by atoms with Crippen LogP contribution in [0.4, 0.5) is 5.00 Å². The third-order valence-electron chi connectivity index (χ3n) is 3.44. The minimum absolute atomic E-state index is 0.222. The van der Waals surface area contributed by atoms with Gasteiger partial charge in [0.15, 0.2) is 0 Å². The number of ether oxygens (including phenoxy) is 1. The summed E-state index contributed by atoms with van der Waals surface area (Å²) in [4.78, 5) is 13.7. The molecule has 1 saturated heterocycles. The molecule has 6 nitrogen and oxygen atoms in total. The molecule has 1 aliphatic heterocycles. The largest absolute Gasteiger partial charge is 0.378 e. The first-order valence-electron chi connectivity index (χ1n) is 6.96. The number of hydrogen-bond donors (Lipinski definition) is 1. The van der Waals surface area contributed by atoms with Crippen LogP contribution >= 0.6 is 11.3 Å². The van der Waals surface area contributed by atoms with Crippen molar-refractivity contribution in [1.29, 1.82) is 0 Å². The lowest BCUT2D eigenvalue weighted by Gasteiger charge is -2.31. The van der Waals surface area contributed by atoms with E-state index in [1.54, 1.807) is 6.07 Å². The molecule has 7 heteroatoms. The predicted octanol–water partition coefficient (Wildman–Crippen LogP) is 1.99. The van der Waals surface area contributed by atoms with Crippen LogP contribution in [0.1, 0.15) is 24.1 Å². The molecular weight excluding hydrogens is 278 g/mol. The lowest BCUT2D eigenvalue weighted by molar-refractivity contribution is -0.380. The van der Waals surface area contributed by atoms with Gasteiger partial charge >= 0.3 is 5.00 Å². The van der Waals surface area contributed by atoms with Crippen molar-refractivity contribution < 1.29 is 9.66 Å². The average Bonchev–Trinajstić information content (AvgIpc) is 2.90. The highest BCUT2D eigenvalue weighted by Gasteiger charge is 2.20. The lowest BCUT2D eigenvalue weighted by Crippen LogP contribution is -2.36. The number of likely N-dealkylation sites (tertiary alicyclic amines) is 1. The fourth-order valence-electron chi connectivity index (χ4n) is 2.34. The maximum absolute atomic E-state index is 10.7. The van der Waals surface area contributed by atoms with Gasteiger partial charge < -0.3 is 10.5 Å². The van der Waals surface area contributed by atoms with Gasteiger partial charge in [-0.3, -0.25) is 15.0 Å². The summed E-state index contributed by atoms with van der Waals surface area (Å²) in [6.45, 7) is 4.19. The van der Waals surface area contributed by atoms with E-state index in [0.717, 1.165) is 50.4 Å². The molecule has 0 aromatic carbocycles. The first-order chi connectivity index (χ1) is 9.69. The zero-order valence-corrected chi connectivity index (χ0v) is 12.3. The van der Waals surface area contributed by atoms with Crippen LogP contribution < -0.4 is 5.73 Å². The van der Waals surface area contributed by atoms with Crippen LogP contribution in [0, 0.1) is 10.1 Å². The Morgan fingerprint density at radius 3 is 2.80 bits per heavy atom. The second-order valence-electron chi connectivity index (χ2n) is 4.99. The zero-order valence-electron chi connectivity index (χ0n) is 11.5. The van der Waals surface area contributed by atoms with Gasteiger partial charge in [0, 0.05) is 37.2 Å². The minimum Gasteiger partial charge on any atom is -0.378 e. The van der Waals surface area contributed by atoms with Crippen LogP contribution in [0.5, 0.6) is 0 Å². The molecule has 1 aromatic heterocycles. The molecule has 0 radical (unpaired) electrons. The number of nitro groups is 1. The van der Waals surface area contributed by atoms with Crippen molar-refractivity contribution >= 4 is 16.3 Å². The SMILES string of the molecule is NCCCOC1CCN(Cc2ccc([N+](=O)[O-])s2)CC1. The van der Waals surface area contributed by atoms with E-state index in [1.807, 2.05) is 6.07 Å². The standard InChI is InChI=1S/C13H21N3O3S/c14-6-1-9-19-11-4-7-15(8-5-11)10-12-2-3-13(20-12)16(17)18/h2-3,11H,1,4-10,14H2. The molecule has 0 bridgehead atoms. The predicted molar refractivity (Wildman–Crippen MR) is 78.9 cm³/mol. The van der Waals surface area contributed by atoms with E-state index >= 15 is 0 Å². The fraction of sp³-hybridized carbons (Fsp3) is 0.692. The quantitative estimate of drug-likeness (QED) is 0.473. The van der Waals surface area contributed by atoms with Gasteiger partial charge in [0.2, 0.25) is 0 Å². The second-order valence-corrected chi connectivity index (χ2v) is 6.13. The maximum Gasteiger partial charge on any atom is 0.324 e. The number of hydrogen-bond acceptors (Lipinski definition) is 6. The van der Waals surface area contributed by atoms with E-state index in [2.05, 4.69) is 4.90 Å². The highest BCUT2D eigenvalue weighted by Crippen LogP contribution is 2.26. The summed E-state index contributed by atoms with van der Waals surface area (Å²) in [6.07, 6.45) is 3.31. The van der Waals surface area contributed by atoms with Gasteiger partial charge in [-0.05, 0) is 31.9 Å². The summed E-state index contributed by atoms with van der Waals surface area (Å²) in [5.41, 5.74) is 5.44. The molecule has 1 fully saturated rings. The molecule has 2 heterocycles. The molecular formula is C13H21N3O3S. The Bertz CT molecular complexity index is 430. The molecule has 0 unspecified atom stereocenters. The summed E-state index contributed by atoms with van der Waals surface area (Å²) >= 11 is 1.27. The number of nitrogens with zero attached hydrogens (tertiary/aromatic N) is 2. The van der Waals surface area contributed by atoms with Crippen LogP contribution in [-0.4, -0.2) is 42.2 Å². The van der Waals surface area contributed by atoms with Crippen molar-refractivity contribution in [2.45, 2.75) is 31.9 Å². The number of piperidine rings is 1. The third kappa shape index (κ3) is 4.52. The summed E-state index contributed by atoms with van der Waals surface area (Å²) in [7, 11) is 0. The van der Waals surface area contributed by atoms with Crippen LogP contribution in [0.2, 0.25) is 0 Å². The molecule has 1 aromatic rings. The van der Waals surface area contributed by atoms with Crippen molar-refractivity contribution in [3.8, 4) is 0 Å². The van der Waals surface area contributed by atoms with Crippen LogP contribution in [0.3, 0.4) is 0 Å². The Morgan fingerprint density at radius 2 is 2.20 bits per heavy atom. The van der Waals surface area contributed by atoms with E-state index in [4.69, 9.17) is 10.5 Å². The van der Waals surface area contributed by atoms with Crippen LogP contribution in [0.25, 0.3) is 0 Å². The first-order valence-corrected chi connectivity index (χ1v) is 7.78. The zero-order chi connectivity index (χ0) is 14.4. The molecule has 20 heavy (non-hydrogen) atoms. The topological polar surface area (TPSA) is 81.6 Å². The second kappa shape index (κ2) is 7.68. The number of rotatable bonds is 7. The van der Waals surface area contributed by atoms with E-state index in [1.165, 1.54) is 11.3 Å². The maximum atomic E-state index is 10.7. The molecule has 0 amide bonds. The fourth-order valence-corrected chi connectivity index (χ4v) is 3.20. The summed E-state index contributed by atoms with van der Waals surface area (Å²) in [5, 5.41) is 10.9. The van der Waals surface area contributed by atoms with Gasteiger partial charge in [-0.2, -0.15) is 0 Å². The number of nitrogens with two attached hydrogens (primary N) is 1. The van der Waals surface area contributed by atoms with Crippen LogP contribution in [0.15, 0.2) is 12.1 Å². The van der Waals surface area contributed by atoms with Gasteiger partial charge in [0.1, 0.15) is 0 Å². The lowest BCUT2D eigenvalue weighted by atomic mass is 10.1. The molecule has 0 aliphatic carbocycles. The summed E-state index contributed by atoms with van der Waals surface area (Å²) in [6, 6.07) is 3.44. The molecule has 0 atom stereocenters. The van der Waals surface area contributed by atoms with Gasteiger partial charge in [0.25, 0.3) is 0 Å². The smallest absolute Gasteiger partial charge is 0.324 e. The highest BCUT2D eigenvalue weighted by molar-refractivity contribution is 7.15. The normalized spacial score (nSPS) is 17.4. The molecule has 112 valence electrons. The van der Waals surface area contributed by atoms with Crippen LogP contribution in [-0.2, 0) is 11.3 Å². The van der Waals surface area contributed by atoms with E-state index in [-0.39, 0.29) is 9.92 Å². The van der Waals surface area contributed by atoms with Gasteiger partial charge in [-0.25, -0.2) is 0 Å². The first kappa shape index (κ1) is 15.4. The Hall–Kier alpha value is -1.02. The Kier molecular flexibility index (Phi) is 5.90. The molecule has 0 saturated carbocycles. The molecule has 2 rings (SSSR count). The van der Waals surface area contributed by atoms with Crippen molar-refractivity contribution in [2.75, 3.05) is 26.2 Å². The van der Waals surface area contributed by atoms with E-state index < -0.39 is 0 Å². The highest BCUT2D eigenvalue weighted by atomic mass is 32.1. The van der Waals surface area contributed by atoms with Crippen molar-refractivity contribution in [3.63, 3.8) is 0 Å². The monoisotopic (exact) mass is 299 g/mol. The summed E-state index contributed by atoms with van der Waals surface area (Å²) < 4.78 is 5.76. The third-order valence-corrected chi connectivity index (χ3v) is 4.47. The van der Waals surface area contributed by atoms with Gasteiger partial charge in [-0.1, -0.05) is 11.3 Å². The molecule has 0 spiro atoms. The van der Waals surface area contributed by atoms with Crippen molar-refractivity contribution in [3.05, 3.63) is 27.1 Å². The minimum atomic E-state index is -0.328. The van der Waals surface area contributed by atoms with Gasteiger partial charge in [0.05, 0.1) is 11.0 Å². The molecule has 2 N–H and O–H groups in total. The van der Waals surface area contributed by atoms with Crippen molar-refractivity contribution in [2.24, 2.45) is 5.73 Å². The van der Waals surface area contributed by atoms with E-state index in [9.17, 15) is 10.1 Å².